The summed E-state index contributed by atoms with van der Waals surface area (Å²) in [5, 5.41) is 5.93. The van der Waals surface area contributed by atoms with Gasteiger partial charge in [-0.25, -0.2) is 9.78 Å². The third-order valence-corrected chi connectivity index (χ3v) is 4.35. The van der Waals surface area contributed by atoms with Crippen LogP contribution in [0.2, 0.25) is 0 Å². The molecule has 2 rings (SSSR count). The number of ether oxygens (including phenoxy) is 1. The Morgan fingerprint density at radius 1 is 1.30 bits per heavy atom. The van der Waals surface area contributed by atoms with Crippen LogP contribution in [0.25, 0.3) is 10.9 Å². The van der Waals surface area contributed by atoms with Crippen molar-refractivity contribution in [2.24, 2.45) is 0 Å². The van der Waals surface area contributed by atoms with Gasteiger partial charge in [0, 0.05) is 18.5 Å². The molecule has 0 spiro atoms. The number of carbonyl (C=O) groups excluding carboxylic acids is 2. The van der Waals surface area contributed by atoms with Crippen LogP contribution in [0.3, 0.4) is 0 Å². The number of nitrogens with one attached hydrogen (secondary N) is 2. The van der Waals surface area contributed by atoms with E-state index in [9.17, 15) is 9.59 Å². The van der Waals surface area contributed by atoms with Gasteiger partial charge in [0.25, 0.3) is 0 Å². The van der Waals surface area contributed by atoms with Crippen LogP contribution >= 0.6 is 11.8 Å². The smallest absolute Gasteiger partial charge is 0.321 e. The number of aromatic nitrogens is 1. The maximum absolute atomic E-state index is 11.9. The normalized spacial score (nSPS) is 11.8. The summed E-state index contributed by atoms with van der Waals surface area (Å²) in [6.45, 7) is 3.73. The van der Waals surface area contributed by atoms with E-state index in [1.807, 2.05) is 31.2 Å². The highest BCUT2D eigenvalue weighted by Crippen LogP contribution is 2.28. The van der Waals surface area contributed by atoms with E-state index < -0.39 is 11.3 Å². The Hall–Kier alpha value is -2.28. The molecule has 0 aliphatic rings. The van der Waals surface area contributed by atoms with Crippen LogP contribution in [0, 0.1) is 6.92 Å². The highest BCUT2D eigenvalue weighted by molar-refractivity contribution is 8.00. The van der Waals surface area contributed by atoms with Crippen LogP contribution < -0.4 is 15.4 Å². The maximum atomic E-state index is 11.9. The largest absolute Gasteiger partial charge is 0.497 e. The van der Waals surface area contributed by atoms with Crippen molar-refractivity contribution in [3.8, 4) is 5.75 Å². The molecular formula is C16H19N3O3S. The van der Waals surface area contributed by atoms with Gasteiger partial charge in [0.05, 0.1) is 22.9 Å². The quantitative estimate of drug-likeness (QED) is 0.840. The monoisotopic (exact) mass is 333 g/mol. The molecule has 0 radical (unpaired) electrons. The minimum atomic E-state index is -0.519. The zero-order valence-corrected chi connectivity index (χ0v) is 14.3. The van der Waals surface area contributed by atoms with Crippen molar-refractivity contribution in [3.05, 3.63) is 29.8 Å². The van der Waals surface area contributed by atoms with Crippen LogP contribution in [0.5, 0.6) is 5.75 Å². The topological polar surface area (TPSA) is 80.3 Å². The molecule has 2 aromatic rings. The Morgan fingerprint density at radius 2 is 2.04 bits per heavy atom. The van der Waals surface area contributed by atoms with Crippen LogP contribution in [0.4, 0.5) is 4.79 Å². The fraction of sp³-hybridized carbons (Fsp3) is 0.312. The second-order valence-corrected chi connectivity index (χ2v) is 6.35. The fourth-order valence-corrected chi connectivity index (χ4v) is 2.97. The van der Waals surface area contributed by atoms with Gasteiger partial charge >= 0.3 is 6.03 Å². The summed E-state index contributed by atoms with van der Waals surface area (Å²) in [4.78, 5) is 27.7. The minimum absolute atomic E-state index is 0.362. The van der Waals surface area contributed by atoms with E-state index in [0.29, 0.717) is 0 Å². The molecule has 6 nitrogen and oxygen atoms in total. The summed E-state index contributed by atoms with van der Waals surface area (Å²) in [5.41, 5.74) is 1.88. The number of hydrogen-bond acceptors (Lipinski definition) is 5. The number of carbonyl (C=O) groups is 2. The Labute approximate surface area is 139 Å². The fourth-order valence-electron chi connectivity index (χ4n) is 2.05. The Morgan fingerprint density at radius 3 is 2.70 bits per heavy atom. The van der Waals surface area contributed by atoms with Crippen LogP contribution in [0.1, 0.15) is 12.5 Å². The van der Waals surface area contributed by atoms with Crippen LogP contribution in [-0.4, -0.2) is 36.3 Å². The molecule has 2 N–H and O–H groups in total. The average molecular weight is 333 g/mol. The number of urea groups is 1. The molecule has 0 aliphatic heterocycles. The molecule has 0 fully saturated rings. The van der Waals surface area contributed by atoms with Crippen molar-refractivity contribution in [2.45, 2.75) is 24.1 Å². The zero-order chi connectivity index (χ0) is 17.0. The van der Waals surface area contributed by atoms with E-state index in [1.54, 1.807) is 14.0 Å². The van der Waals surface area contributed by atoms with Crippen LogP contribution in [0.15, 0.2) is 29.3 Å². The lowest BCUT2D eigenvalue weighted by molar-refractivity contribution is -0.119. The molecule has 1 heterocycles. The number of benzene rings is 1. The lowest BCUT2D eigenvalue weighted by Crippen LogP contribution is -2.41. The zero-order valence-electron chi connectivity index (χ0n) is 13.5. The van der Waals surface area contributed by atoms with Gasteiger partial charge in [-0.05, 0) is 37.6 Å². The second-order valence-electron chi connectivity index (χ2n) is 4.99. The van der Waals surface area contributed by atoms with Crippen molar-refractivity contribution in [3.63, 3.8) is 0 Å². The predicted molar refractivity (Wildman–Crippen MR) is 90.9 cm³/mol. The number of pyridine rings is 1. The van der Waals surface area contributed by atoms with Crippen molar-refractivity contribution in [1.82, 2.24) is 15.6 Å². The molecule has 0 aliphatic carbocycles. The molecular weight excluding hydrogens is 314 g/mol. The lowest BCUT2D eigenvalue weighted by atomic mass is 10.1. The van der Waals surface area contributed by atoms with Gasteiger partial charge in [0.2, 0.25) is 5.91 Å². The number of nitrogens with zero attached hydrogens (tertiary/aromatic N) is 1. The van der Waals surface area contributed by atoms with Gasteiger partial charge in [0.1, 0.15) is 5.75 Å². The number of amides is 3. The van der Waals surface area contributed by atoms with E-state index in [-0.39, 0.29) is 5.91 Å². The number of fused-ring (bicyclic) bond motifs is 1. The van der Waals surface area contributed by atoms with Gasteiger partial charge in [-0.15, -0.1) is 0 Å². The highest BCUT2D eigenvalue weighted by atomic mass is 32.2. The first-order valence-corrected chi connectivity index (χ1v) is 7.97. The summed E-state index contributed by atoms with van der Waals surface area (Å²) in [6, 6.07) is 7.13. The first-order valence-electron chi connectivity index (χ1n) is 7.09. The third-order valence-electron chi connectivity index (χ3n) is 3.33. The summed E-state index contributed by atoms with van der Waals surface area (Å²) in [5.74, 6) is 0.372. The number of aryl methyl sites for hydroxylation is 1. The predicted octanol–water partition coefficient (Wildman–Crippen LogP) is 2.49. The molecule has 7 heteroatoms. The average Bonchev–Trinajstić information content (AvgIpc) is 2.53. The highest BCUT2D eigenvalue weighted by Gasteiger charge is 2.17. The van der Waals surface area contributed by atoms with Gasteiger partial charge in [0.15, 0.2) is 0 Å². The number of rotatable bonds is 4. The molecule has 0 saturated carbocycles. The first kappa shape index (κ1) is 17.1. The number of thioether (sulfide) groups is 1. The summed E-state index contributed by atoms with van der Waals surface area (Å²) < 4.78 is 5.22. The molecule has 0 saturated heterocycles. The van der Waals surface area contributed by atoms with Crippen molar-refractivity contribution < 1.29 is 14.3 Å². The second kappa shape index (κ2) is 7.32. The summed E-state index contributed by atoms with van der Waals surface area (Å²) >= 11 is 1.30. The van der Waals surface area contributed by atoms with E-state index in [4.69, 9.17) is 4.74 Å². The SMILES string of the molecule is CNC(=O)NC(=O)[C@@H](C)Sc1cc(C)c2ccc(OC)cc2n1. The van der Waals surface area contributed by atoms with Crippen molar-refractivity contribution >= 4 is 34.6 Å². The summed E-state index contributed by atoms with van der Waals surface area (Å²) in [7, 11) is 3.07. The van der Waals surface area contributed by atoms with E-state index in [1.165, 1.54) is 18.8 Å². The van der Waals surface area contributed by atoms with E-state index in [0.717, 1.165) is 27.2 Å². The number of methoxy groups -OCH3 is 1. The van der Waals surface area contributed by atoms with Crippen molar-refractivity contribution in [1.29, 1.82) is 0 Å². The van der Waals surface area contributed by atoms with Gasteiger partial charge in [-0.1, -0.05) is 11.8 Å². The number of hydrogen-bond donors (Lipinski definition) is 2. The lowest BCUT2D eigenvalue weighted by Gasteiger charge is -2.12. The van der Waals surface area contributed by atoms with Gasteiger partial charge in [-0.2, -0.15) is 0 Å². The van der Waals surface area contributed by atoms with Crippen LogP contribution in [-0.2, 0) is 4.79 Å². The Bertz CT molecular complexity index is 749. The Kier molecular flexibility index (Phi) is 5.44. The maximum Gasteiger partial charge on any atom is 0.321 e. The van der Waals surface area contributed by atoms with E-state index >= 15 is 0 Å². The molecule has 1 atom stereocenters. The Balaban J connectivity index is 2.22. The van der Waals surface area contributed by atoms with Crippen molar-refractivity contribution in [2.75, 3.05) is 14.2 Å². The van der Waals surface area contributed by atoms with E-state index in [2.05, 4.69) is 15.6 Å². The molecule has 23 heavy (non-hydrogen) atoms. The molecule has 0 bridgehead atoms. The van der Waals surface area contributed by atoms with Gasteiger partial charge in [-0.3, -0.25) is 10.1 Å². The first-order chi connectivity index (χ1) is 10.9. The molecule has 122 valence electrons. The van der Waals surface area contributed by atoms with Gasteiger partial charge < -0.3 is 10.1 Å². The summed E-state index contributed by atoms with van der Waals surface area (Å²) in [6.07, 6.45) is 0. The molecule has 1 aromatic heterocycles. The minimum Gasteiger partial charge on any atom is -0.497 e. The third kappa shape index (κ3) is 4.13. The molecule has 1 aromatic carbocycles. The molecule has 0 unspecified atom stereocenters. The molecule has 3 amide bonds. The standard InChI is InChI=1S/C16H19N3O3S/c1-9-7-14(23-10(2)15(20)19-16(21)17-3)18-13-8-11(22-4)5-6-12(9)13/h5-8,10H,1-4H3,(H2,17,19,20,21)/t10-/m1/s1. The number of imide groups is 1.